The number of nitrogen functional groups attached to an aromatic ring is 1. The molecule has 2 aromatic carbocycles. The molecule has 0 saturated heterocycles. The maximum Gasteiger partial charge on any atom is 0.260 e. The van der Waals surface area contributed by atoms with Gasteiger partial charge < -0.3 is 10.8 Å². The van der Waals surface area contributed by atoms with Crippen LogP contribution >= 0.6 is 34.7 Å². The molecule has 0 radical (unpaired) electrons. The van der Waals surface area contributed by atoms with Crippen LogP contribution in [0.25, 0.3) is 32.7 Å². The van der Waals surface area contributed by atoms with Crippen LogP contribution in [0.5, 0.6) is 0 Å². The molecule has 3 N–H and O–H groups in total. The van der Waals surface area contributed by atoms with E-state index in [9.17, 15) is 9.18 Å². The summed E-state index contributed by atoms with van der Waals surface area (Å²) in [5.74, 6) is 7.01. The van der Waals surface area contributed by atoms with Crippen LogP contribution in [0.3, 0.4) is 0 Å². The third kappa shape index (κ3) is 3.77. The zero-order valence-corrected chi connectivity index (χ0v) is 18.6. The lowest BCUT2D eigenvalue weighted by atomic mass is 10.1. The Morgan fingerprint density at radius 3 is 2.69 bits per heavy atom. The topological polar surface area (TPSA) is 102 Å². The summed E-state index contributed by atoms with van der Waals surface area (Å²) in [6, 6.07) is 13.2. The first-order valence-electron chi connectivity index (χ1n) is 9.36. The number of hydrogen-bond donors (Lipinski definition) is 2. The van der Waals surface area contributed by atoms with E-state index in [2.05, 4.69) is 20.2 Å². The second-order valence-electron chi connectivity index (χ2n) is 6.79. The van der Waals surface area contributed by atoms with Crippen molar-refractivity contribution in [1.29, 1.82) is 0 Å². The second kappa shape index (κ2) is 8.38. The second-order valence-corrected chi connectivity index (χ2v) is 9.00. The number of H-pyrrole nitrogens is 1. The first kappa shape index (κ1) is 20.7. The lowest BCUT2D eigenvalue weighted by Gasteiger charge is -2.05. The highest BCUT2D eigenvalue weighted by Crippen LogP contribution is 2.35. The molecule has 0 spiro atoms. The number of fused-ring (bicyclic) bond motifs is 1. The molecule has 0 amide bonds. The molecule has 0 atom stereocenters. The average Bonchev–Trinajstić information content (AvgIpc) is 3.37. The van der Waals surface area contributed by atoms with Crippen molar-refractivity contribution in [1.82, 2.24) is 24.8 Å². The number of rotatable bonds is 5. The van der Waals surface area contributed by atoms with E-state index in [1.165, 1.54) is 39.9 Å². The van der Waals surface area contributed by atoms with Crippen LogP contribution in [0.1, 0.15) is 5.82 Å². The van der Waals surface area contributed by atoms with E-state index in [1.54, 1.807) is 18.2 Å². The molecule has 0 unspecified atom stereocenters. The minimum absolute atomic E-state index is 0.233. The molecule has 160 valence electrons. The van der Waals surface area contributed by atoms with E-state index in [0.717, 1.165) is 11.1 Å². The van der Waals surface area contributed by atoms with Crippen molar-refractivity contribution in [2.45, 2.75) is 10.9 Å². The van der Waals surface area contributed by atoms with E-state index in [-0.39, 0.29) is 11.4 Å². The Bertz CT molecular complexity index is 1490. The number of nitrogens with two attached hydrogens (primary N) is 1. The van der Waals surface area contributed by atoms with Gasteiger partial charge in [-0.25, -0.2) is 14.1 Å². The third-order valence-electron chi connectivity index (χ3n) is 4.76. The van der Waals surface area contributed by atoms with Crippen molar-refractivity contribution in [3.8, 4) is 22.5 Å². The first-order valence-corrected chi connectivity index (χ1v) is 11.6. The maximum atomic E-state index is 13.2. The first-order chi connectivity index (χ1) is 15.5. The fourth-order valence-corrected chi connectivity index (χ4v) is 5.17. The standard InChI is InChI=1S/C21H14ClFN6OS2/c22-15-4-2-1-3-13(15)14-9-31-20-17(14)19(30)25-16(26-20)10-32-21-28-27-18(29(21)24)11-5-7-12(23)8-6-11/h1-9H,10,24H2,(H,25,26,30). The fourth-order valence-electron chi connectivity index (χ4n) is 3.24. The highest BCUT2D eigenvalue weighted by atomic mass is 35.5. The molecular weight excluding hydrogens is 471 g/mol. The van der Waals surface area contributed by atoms with Crippen molar-refractivity contribution < 1.29 is 4.39 Å². The molecule has 32 heavy (non-hydrogen) atoms. The summed E-state index contributed by atoms with van der Waals surface area (Å²) < 4.78 is 14.5. The van der Waals surface area contributed by atoms with Gasteiger partial charge in [0.05, 0.1) is 11.1 Å². The molecule has 7 nitrogen and oxygen atoms in total. The zero-order chi connectivity index (χ0) is 22.2. The van der Waals surface area contributed by atoms with Crippen molar-refractivity contribution in [2.24, 2.45) is 0 Å². The number of benzene rings is 2. The van der Waals surface area contributed by atoms with Gasteiger partial charge in [0, 0.05) is 27.1 Å². The number of nitrogens with zero attached hydrogens (tertiary/aromatic N) is 4. The summed E-state index contributed by atoms with van der Waals surface area (Å²) in [5.41, 5.74) is 1.96. The summed E-state index contributed by atoms with van der Waals surface area (Å²) in [6.45, 7) is 0. The zero-order valence-electron chi connectivity index (χ0n) is 16.3. The molecule has 11 heteroatoms. The molecule has 0 aliphatic carbocycles. The SMILES string of the molecule is Nn1c(SCc2nc3scc(-c4ccccc4Cl)c3c(=O)[nH]2)nnc1-c1ccc(F)cc1. The Kier molecular flexibility index (Phi) is 5.41. The van der Waals surface area contributed by atoms with Gasteiger partial charge in [0.2, 0.25) is 5.16 Å². The molecule has 3 heterocycles. The molecule has 0 saturated carbocycles. The molecule has 3 aromatic heterocycles. The van der Waals surface area contributed by atoms with E-state index in [0.29, 0.717) is 43.4 Å². The van der Waals surface area contributed by atoms with Gasteiger partial charge in [-0.2, -0.15) is 0 Å². The summed E-state index contributed by atoms with van der Waals surface area (Å²) in [6.07, 6.45) is 0. The molecule has 0 bridgehead atoms. The highest BCUT2D eigenvalue weighted by molar-refractivity contribution is 7.98. The van der Waals surface area contributed by atoms with Crippen molar-refractivity contribution in [2.75, 3.05) is 5.84 Å². The smallest absolute Gasteiger partial charge is 0.260 e. The van der Waals surface area contributed by atoms with Gasteiger partial charge in [0.25, 0.3) is 5.56 Å². The van der Waals surface area contributed by atoms with Crippen LogP contribution in [-0.4, -0.2) is 24.8 Å². The number of aromatic amines is 1. The predicted molar refractivity (Wildman–Crippen MR) is 126 cm³/mol. The normalized spacial score (nSPS) is 11.3. The quantitative estimate of drug-likeness (QED) is 0.276. The fraction of sp³-hybridized carbons (Fsp3) is 0.0476. The Morgan fingerprint density at radius 1 is 1.12 bits per heavy atom. The van der Waals surface area contributed by atoms with E-state index < -0.39 is 0 Å². The van der Waals surface area contributed by atoms with E-state index >= 15 is 0 Å². The van der Waals surface area contributed by atoms with Crippen molar-refractivity contribution >= 4 is 44.9 Å². The Hall–Kier alpha value is -3.21. The number of aromatic nitrogens is 5. The van der Waals surface area contributed by atoms with E-state index in [1.807, 2.05) is 23.6 Å². The maximum absolute atomic E-state index is 13.2. The van der Waals surface area contributed by atoms with Gasteiger partial charge in [-0.15, -0.1) is 21.5 Å². The number of thioether (sulfide) groups is 1. The van der Waals surface area contributed by atoms with Gasteiger partial charge in [0.15, 0.2) is 5.82 Å². The van der Waals surface area contributed by atoms with Gasteiger partial charge in [-0.1, -0.05) is 41.6 Å². The van der Waals surface area contributed by atoms with Crippen LogP contribution < -0.4 is 11.4 Å². The Balaban J connectivity index is 1.41. The summed E-state index contributed by atoms with van der Waals surface area (Å²) >= 11 is 8.98. The molecule has 0 aliphatic heterocycles. The Morgan fingerprint density at radius 2 is 1.91 bits per heavy atom. The molecular formula is C21H14ClFN6OS2. The summed E-state index contributed by atoms with van der Waals surface area (Å²) in [5, 5.41) is 11.6. The Labute approximate surface area is 194 Å². The minimum Gasteiger partial charge on any atom is -0.335 e. The number of halogens is 2. The van der Waals surface area contributed by atoms with Crippen LogP contribution in [0.2, 0.25) is 5.02 Å². The predicted octanol–water partition coefficient (Wildman–Crippen LogP) is 4.71. The minimum atomic E-state index is -0.344. The molecule has 0 fully saturated rings. The number of hydrogen-bond acceptors (Lipinski definition) is 7. The summed E-state index contributed by atoms with van der Waals surface area (Å²) in [4.78, 5) is 20.9. The van der Waals surface area contributed by atoms with Gasteiger partial charge >= 0.3 is 0 Å². The average molecular weight is 485 g/mol. The van der Waals surface area contributed by atoms with Crippen LogP contribution in [-0.2, 0) is 5.75 Å². The van der Waals surface area contributed by atoms with Crippen LogP contribution in [0.15, 0.2) is 63.9 Å². The molecule has 5 aromatic rings. The van der Waals surface area contributed by atoms with Crippen LogP contribution in [0, 0.1) is 5.82 Å². The largest absolute Gasteiger partial charge is 0.335 e. The third-order valence-corrected chi connectivity index (χ3v) is 6.92. The molecule has 5 rings (SSSR count). The van der Waals surface area contributed by atoms with Gasteiger partial charge in [0.1, 0.15) is 16.5 Å². The van der Waals surface area contributed by atoms with Gasteiger partial charge in [-0.05, 0) is 30.3 Å². The lowest BCUT2D eigenvalue weighted by molar-refractivity contribution is 0.628. The number of thiophene rings is 1. The van der Waals surface area contributed by atoms with Crippen molar-refractivity contribution in [3.05, 3.63) is 80.9 Å². The molecule has 0 aliphatic rings. The monoisotopic (exact) mass is 484 g/mol. The lowest BCUT2D eigenvalue weighted by Crippen LogP contribution is -2.13. The highest BCUT2D eigenvalue weighted by Gasteiger charge is 2.16. The summed E-state index contributed by atoms with van der Waals surface area (Å²) in [7, 11) is 0. The van der Waals surface area contributed by atoms with Crippen LogP contribution in [0.4, 0.5) is 4.39 Å². The van der Waals surface area contributed by atoms with Gasteiger partial charge in [-0.3, -0.25) is 4.79 Å². The van der Waals surface area contributed by atoms with E-state index in [4.69, 9.17) is 17.4 Å². The van der Waals surface area contributed by atoms with Crippen molar-refractivity contribution in [3.63, 3.8) is 0 Å². The number of nitrogens with one attached hydrogen (secondary N) is 1.